The molecule has 27 heavy (non-hydrogen) atoms. The van der Waals surface area contributed by atoms with Crippen molar-refractivity contribution in [1.82, 2.24) is 4.72 Å². The molecule has 2 N–H and O–H groups in total. The van der Waals surface area contributed by atoms with Crippen LogP contribution < -0.4 is 19.5 Å². The van der Waals surface area contributed by atoms with Crippen LogP contribution in [0.15, 0.2) is 41.3 Å². The van der Waals surface area contributed by atoms with E-state index in [1.165, 1.54) is 19.2 Å². The average Bonchev–Trinajstić information content (AvgIpc) is 2.67. The Morgan fingerprint density at radius 1 is 1.11 bits per heavy atom. The molecule has 1 atom stereocenters. The van der Waals surface area contributed by atoms with Crippen LogP contribution in [0.2, 0.25) is 0 Å². The van der Waals surface area contributed by atoms with Crippen molar-refractivity contribution in [2.24, 2.45) is 0 Å². The minimum atomic E-state index is -3.77. The molecule has 1 heterocycles. The lowest BCUT2D eigenvalue weighted by Gasteiger charge is -2.21. The first kappa shape index (κ1) is 18.9. The first-order chi connectivity index (χ1) is 12.8. The van der Waals surface area contributed by atoms with Crippen LogP contribution in [0, 0.1) is 10.1 Å². The minimum absolute atomic E-state index is 0.172. The number of sulfonamides is 1. The molecule has 0 aromatic heterocycles. The van der Waals surface area contributed by atoms with Crippen molar-refractivity contribution in [2.45, 2.75) is 17.9 Å². The first-order valence-corrected chi connectivity index (χ1v) is 9.68. The highest BCUT2D eigenvalue weighted by atomic mass is 32.2. The molecule has 9 nitrogen and oxygen atoms in total. The number of hydrogen-bond acceptors (Lipinski definition) is 7. The molecular weight excluding hydrogens is 374 g/mol. The number of rotatable bonds is 6. The van der Waals surface area contributed by atoms with E-state index in [1.54, 1.807) is 6.07 Å². The average molecular weight is 393 g/mol. The van der Waals surface area contributed by atoms with E-state index in [2.05, 4.69) is 10.0 Å². The zero-order valence-electron chi connectivity index (χ0n) is 14.8. The first-order valence-electron chi connectivity index (χ1n) is 8.20. The Hall–Kier alpha value is -2.85. The van der Waals surface area contributed by atoms with Gasteiger partial charge in [0.05, 0.1) is 9.82 Å². The molecule has 1 aliphatic heterocycles. The highest BCUT2D eigenvalue weighted by molar-refractivity contribution is 7.89. The molecule has 10 heteroatoms. The van der Waals surface area contributed by atoms with Gasteiger partial charge in [0.15, 0.2) is 11.5 Å². The molecule has 1 aliphatic rings. The third-order valence-electron chi connectivity index (χ3n) is 4.18. The van der Waals surface area contributed by atoms with E-state index >= 15 is 0 Å². The van der Waals surface area contributed by atoms with Crippen molar-refractivity contribution in [3.05, 3.63) is 52.1 Å². The number of anilines is 1. The molecule has 0 amide bonds. The van der Waals surface area contributed by atoms with E-state index in [4.69, 9.17) is 9.47 Å². The van der Waals surface area contributed by atoms with Gasteiger partial charge < -0.3 is 14.8 Å². The normalized spacial score (nSPS) is 14.4. The maximum atomic E-state index is 11.9. The van der Waals surface area contributed by atoms with Crippen molar-refractivity contribution in [2.75, 3.05) is 25.6 Å². The molecule has 0 radical (unpaired) electrons. The fourth-order valence-corrected chi connectivity index (χ4v) is 3.47. The molecule has 0 fully saturated rings. The van der Waals surface area contributed by atoms with Crippen LogP contribution in [-0.4, -0.2) is 33.6 Å². The summed E-state index contributed by atoms with van der Waals surface area (Å²) in [5.74, 6) is 1.28. The Morgan fingerprint density at radius 2 is 1.81 bits per heavy atom. The molecule has 0 unspecified atom stereocenters. The van der Waals surface area contributed by atoms with Crippen molar-refractivity contribution < 1.29 is 22.8 Å². The van der Waals surface area contributed by atoms with Crippen LogP contribution in [0.3, 0.4) is 0 Å². The fraction of sp³-hybridized carbons (Fsp3) is 0.294. The SMILES string of the molecule is CNS(=O)(=O)c1ccc(N[C@H](C)c2ccc3c(c2)OCCO3)c([N+](=O)[O-])c1. The summed E-state index contributed by atoms with van der Waals surface area (Å²) in [6, 6.07) is 8.90. The monoisotopic (exact) mass is 393 g/mol. The number of nitrogens with one attached hydrogen (secondary N) is 2. The highest BCUT2D eigenvalue weighted by Crippen LogP contribution is 2.35. The van der Waals surface area contributed by atoms with Gasteiger partial charge in [-0.2, -0.15) is 0 Å². The molecule has 144 valence electrons. The summed E-state index contributed by atoms with van der Waals surface area (Å²) in [6.07, 6.45) is 0. The van der Waals surface area contributed by atoms with E-state index in [9.17, 15) is 18.5 Å². The number of nitrogens with zero attached hydrogens (tertiary/aromatic N) is 1. The molecule has 2 aromatic rings. The number of benzene rings is 2. The molecular formula is C17H19N3O6S. The van der Waals surface area contributed by atoms with Gasteiger partial charge >= 0.3 is 0 Å². The van der Waals surface area contributed by atoms with E-state index in [0.29, 0.717) is 24.7 Å². The van der Waals surface area contributed by atoms with Crippen LogP contribution >= 0.6 is 0 Å². The van der Waals surface area contributed by atoms with E-state index in [0.717, 1.165) is 11.6 Å². The van der Waals surface area contributed by atoms with Gasteiger partial charge in [0.2, 0.25) is 10.0 Å². The zero-order valence-corrected chi connectivity index (χ0v) is 15.6. The summed E-state index contributed by atoms with van der Waals surface area (Å²) in [5.41, 5.74) is 0.744. The predicted octanol–water partition coefficient (Wildman–Crippen LogP) is 2.45. The van der Waals surface area contributed by atoms with Crippen LogP contribution in [-0.2, 0) is 10.0 Å². The summed E-state index contributed by atoms with van der Waals surface area (Å²) in [4.78, 5) is 10.6. The Balaban J connectivity index is 1.89. The van der Waals surface area contributed by atoms with Gasteiger partial charge in [-0.25, -0.2) is 13.1 Å². The Labute approximate surface area is 156 Å². The summed E-state index contributed by atoms with van der Waals surface area (Å²) in [7, 11) is -2.53. The summed E-state index contributed by atoms with van der Waals surface area (Å²) >= 11 is 0. The number of hydrogen-bond donors (Lipinski definition) is 2. The Morgan fingerprint density at radius 3 is 2.48 bits per heavy atom. The third kappa shape index (κ3) is 3.96. The molecule has 0 bridgehead atoms. The number of fused-ring (bicyclic) bond motifs is 1. The van der Waals surface area contributed by atoms with Gasteiger partial charge in [-0.3, -0.25) is 10.1 Å². The summed E-state index contributed by atoms with van der Waals surface area (Å²) < 4.78 is 37.0. The maximum Gasteiger partial charge on any atom is 0.293 e. The van der Waals surface area contributed by atoms with Crippen molar-refractivity contribution in [1.29, 1.82) is 0 Å². The Kier molecular flexibility index (Phi) is 5.19. The van der Waals surface area contributed by atoms with Crippen LogP contribution in [0.4, 0.5) is 11.4 Å². The second kappa shape index (κ2) is 7.41. The Bertz CT molecular complexity index is 977. The van der Waals surface area contributed by atoms with Gasteiger partial charge in [0.1, 0.15) is 18.9 Å². The smallest absolute Gasteiger partial charge is 0.293 e. The molecule has 0 saturated heterocycles. The predicted molar refractivity (Wildman–Crippen MR) is 98.8 cm³/mol. The van der Waals surface area contributed by atoms with E-state index < -0.39 is 14.9 Å². The maximum absolute atomic E-state index is 11.9. The number of nitro groups is 1. The topological polar surface area (TPSA) is 120 Å². The zero-order chi connectivity index (χ0) is 19.6. The van der Waals surface area contributed by atoms with Crippen LogP contribution in [0.1, 0.15) is 18.5 Å². The third-order valence-corrected chi connectivity index (χ3v) is 5.60. The second-order valence-corrected chi connectivity index (χ2v) is 7.80. The lowest BCUT2D eigenvalue weighted by Crippen LogP contribution is -2.19. The lowest BCUT2D eigenvalue weighted by atomic mass is 10.1. The molecule has 0 spiro atoms. The number of ether oxygens (including phenoxy) is 2. The summed E-state index contributed by atoms with van der Waals surface area (Å²) in [6.45, 7) is 2.80. The number of nitro benzene ring substituents is 1. The fourth-order valence-electron chi connectivity index (χ4n) is 2.72. The van der Waals surface area contributed by atoms with Gasteiger partial charge in [0.25, 0.3) is 5.69 Å². The molecule has 3 rings (SSSR count). The van der Waals surface area contributed by atoms with Crippen molar-refractivity contribution in [3.63, 3.8) is 0 Å². The van der Waals surface area contributed by atoms with Gasteiger partial charge in [0, 0.05) is 12.1 Å². The van der Waals surface area contributed by atoms with Crippen LogP contribution in [0.5, 0.6) is 11.5 Å². The van der Waals surface area contributed by atoms with Gasteiger partial charge in [-0.15, -0.1) is 0 Å². The van der Waals surface area contributed by atoms with Gasteiger partial charge in [-0.1, -0.05) is 6.07 Å². The lowest BCUT2D eigenvalue weighted by molar-refractivity contribution is -0.384. The van der Waals surface area contributed by atoms with E-state index in [-0.39, 0.29) is 22.3 Å². The van der Waals surface area contributed by atoms with Crippen molar-refractivity contribution in [3.8, 4) is 11.5 Å². The van der Waals surface area contributed by atoms with Crippen LogP contribution in [0.25, 0.3) is 0 Å². The largest absolute Gasteiger partial charge is 0.486 e. The standard InChI is InChI=1S/C17H19N3O6S/c1-11(12-3-6-16-17(9-12)26-8-7-25-16)19-14-5-4-13(27(23,24)18-2)10-15(14)20(21)22/h3-6,9-11,18-19H,7-8H2,1-2H3/t11-/m1/s1. The summed E-state index contributed by atoms with van der Waals surface area (Å²) in [5, 5.41) is 14.5. The minimum Gasteiger partial charge on any atom is -0.486 e. The van der Waals surface area contributed by atoms with Crippen molar-refractivity contribution >= 4 is 21.4 Å². The van der Waals surface area contributed by atoms with Gasteiger partial charge in [-0.05, 0) is 43.8 Å². The molecule has 0 saturated carbocycles. The van der Waals surface area contributed by atoms with E-state index in [1.807, 2.05) is 19.1 Å². The second-order valence-electron chi connectivity index (χ2n) is 5.91. The quantitative estimate of drug-likeness (QED) is 0.571. The molecule has 0 aliphatic carbocycles. The highest BCUT2D eigenvalue weighted by Gasteiger charge is 2.22. The molecule has 2 aromatic carbocycles.